The summed E-state index contributed by atoms with van der Waals surface area (Å²) < 4.78 is 0. The van der Waals surface area contributed by atoms with Gasteiger partial charge in [0.05, 0.1) is 16.1 Å². The Morgan fingerprint density at radius 2 is 0.688 bits per heavy atom. The molecule has 0 aliphatic heterocycles. The highest BCUT2D eigenvalue weighted by atomic mass is 28.3. The van der Waals surface area contributed by atoms with Crippen LogP contribution in [0.2, 0.25) is 39.3 Å². The average Bonchev–Trinajstić information content (AvgIpc) is 3.11. The number of hydrogen-bond donors (Lipinski definition) is 0. The van der Waals surface area contributed by atoms with E-state index < -0.39 is 16.1 Å². The second-order valence-electron chi connectivity index (χ2n) is 14.6. The van der Waals surface area contributed by atoms with Crippen molar-refractivity contribution in [1.29, 1.82) is 0 Å². The van der Waals surface area contributed by atoms with Gasteiger partial charge in [0.25, 0.3) is 0 Å². The molecule has 0 N–H and O–H groups in total. The fraction of sp³-hybridized carbons (Fsp3) is 0.140. The Bertz CT molecular complexity index is 2140. The van der Waals surface area contributed by atoms with E-state index >= 15 is 0 Å². The van der Waals surface area contributed by atoms with Crippen LogP contribution in [-0.2, 0) is 0 Å². The fourth-order valence-electron chi connectivity index (χ4n) is 6.19. The van der Waals surface area contributed by atoms with Crippen molar-refractivity contribution in [1.82, 2.24) is 15.0 Å². The molecule has 7 rings (SSSR count). The van der Waals surface area contributed by atoms with Crippen LogP contribution in [0.3, 0.4) is 0 Å². The Morgan fingerprint density at radius 3 is 1.10 bits per heavy atom. The van der Waals surface area contributed by atoms with Crippen LogP contribution in [0, 0.1) is 0 Å². The molecule has 48 heavy (non-hydrogen) atoms. The number of fused-ring (bicyclic) bond motifs is 1. The smallest absolute Gasteiger partial charge is 0.164 e. The molecule has 0 aliphatic carbocycles. The molecule has 3 nitrogen and oxygen atoms in total. The summed E-state index contributed by atoms with van der Waals surface area (Å²) in [4.78, 5) is 14.7. The van der Waals surface area contributed by atoms with Crippen LogP contribution >= 0.6 is 0 Å². The standard InChI is InChI=1S/C43H41N3Si2/c1-47(2,3)35-27-34(28-36(29-35)48(4,5)6)38-26-25-37(39-19-13-14-20-40(38)39)30-21-23-33(24-22-30)43-45-41(31-15-9-7-10-16-31)44-42(46-43)32-17-11-8-12-18-32/h7-29H,1-6H3. The second-order valence-corrected chi connectivity index (χ2v) is 24.8. The molecule has 0 amide bonds. The summed E-state index contributed by atoms with van der Waals surface area (Å²) in [6.07, 6.45) is 0. The topological polar surface area (TPSA) is 38.7 Å². The molecular weight excluding hydrogens is 615 g/mol. The molecule has 0 atom stereocenters. The molecule has 0 fully saturated rings. The van der Waals surface area contributed by atoms with Crippen molar-refractivity contribution in [3.05, 3.63) is 140 Å². The van der Waals surface area contributed by atoms with Gasteiger partial charge in [0, 0.05) is 16.7 Å². The number of benzene rings is 6. The molecule has 0 saturated heterocycles. The quantitative estimate of drug-likeness (QED) is 0.160. The average molecular weight is 656 g/mol. The Hall–Kier alpha value is -4.98. The van der Waals surface area contributed by atoms with E-state index in [9.17, 15) is 0 Å². The lowest BCUT2D eigenvalue weighted by Gasteiger charge is -2.25. The monoisotopic (exact) mass is 655 g/mol. The highest BCUT2D eigenvalue weighted by Gasteiger charge is 2.24. The molecule has 5 heteroatoms. The number of nitrogens with zero attached hydrogens (tertiary/aromatic N) is 3. The van der Waals surface area contributed by atoms with Gasteiger partial charge >= 0.3 is 0 Å². The highest BCUT2D eigenvalue weighted by Crippen LogP contribution is 2.36. The Balaban J connectivity index is 1.31. The summed E-state index contributed by atoms with van der Waals surface area (Å²) in [7, 11) is -3.02. The van der Waals surface area contributed by atoms with E-state index in [2.05, 4.69) is 118 Å². The fourth-order valence-corrected chi connectivity index (χ4v) is 8.69. The van der Waals surface area contributed by atoms with Crippen LogP contribution in [0.5, 0.6) is 0 Å². The third-order valence-corrected chi connectivity index (χ3v) is 13.1. The third kappa shape index (κ3) is 6.44. The van der Waals surface area contributed by atoms with Crippen molar-refractivity contribution in [3.8, 4) is 56.4 Å². The van der Waals surface area contributed by atoms with E-state index in [-0.39, 0.29) is 0 Å². The van der Waals surface area contributed by atoms with Gasteiger partial charge in [-0.1, -0.05) is 189 Å². The van der Waals surface area contributed by atoms with Crippen LogP contribution < -0.4 is 10.4 Å². The van der Waals surface area contributed by atoms with Crippen molar-refractivity contribution in [2.24, 2.45) is 0 Å². The zero-order valence-corrected chi connectivity index (χ0v) is 30.6. The lowest BCUT2D eigenvalue weighted by atomic mass is 9.92. The van der Waals surface area contributed by atoms with Gasteiger partial charge in [-0.25, -0.2) is 15.0 Å². The lowest BCUT2D eigenvalue weighted by Crippen LogP contribution is -2.45. The third-order valence-electron chi connectivity index (χ3n) is 9.05. The minimum absolute atomic E-state index is 0.662. The molecule has 0 saturated carbocycles. The largest absolute Gasteiger partial charge is 0.208 e. The number of rotatable bonds is 7. The van der Waals surface area contributed by atoms with Crippen molar-refractivity contribution in [2.45, 2.75) is 39.3 Å². The first-order valence-corrected chi connectivity index (χ1v) is 23.7. The predicted molar refractivity (Wildman–Crippen MR) is 210 cm³/mol. The van der Waals surface area contributed by atoms with Crippen LogP contribution in [0.4, 0.5) is 0 Å². The van der Waals surface area contributed by atoms with E-state index in [0.717, 1.165) is 16.7 Å². The summed E-state index contributed by atoms with van der Waals surface area (Å²) in [6.45, 7) is 14.7. The van der Waals surface area contributed by atoms with Crippen molar-refractivity contribution in [3.63, 3.8) is 0 Å². The molecule has 1 heterocycles. The van der Waals surface area contributed by atoms with Gasteiger partial charge in [-0.15, -0.1) is 0 Å². The van der Waals surface area contributed by atoms with E-state index in [1.54, 1.807) is 0 Å². The van der Waals surface area contributed by atoms with Gasteiger partial charge in [-0.3, -0.25) is 0 Å². The van der Waals surface area contributed by atoms with Gasteiger partial charge in [0.15, 0.2) is 17.5 Å². The van der Waals surface area contributed by atoms with E-state index in [1.165, 1.54) is 43.4 Å². The first kappa shape index (κ1) is 31.6. The van der Waals surface area contributed by atoms with E-state index in [0.29, 0.717) is 17.5 Å². The molecule has 7 aromatic rings. The molecule has 0 radical (unpaired) electrons. The maximum absolute atomic E-state index is 4.93. The zero-order valence-electron chi connectivity index (χ0n) is 28.6. The normalized spacial score (nSPS) is 12.0. The zero-order chi connectivity index (χ0) is 33.5. The van der Waals surface area contributed by atoms with Gasteiger partial charge in [-0.05, 0) is 33.0 Å². The summed E-state index contributed by atoms with van der Waals surface area (Å²) >= 11 is 0. The SMILES string of the molecule is C[Si](C)(C)c1cc(-c2ccc(-c3ccc(-c4nc(-c5ccccc5)nc(-c5ccccc5)n4)cc3)c3ccccc23)cc([Si](C)(C)C)c1. The van der Waals surface area contributed by atoms with Crippen LogP contribution in [0.25, 0.3) is 67.2 Å². The molecule has 236 valence electrons. The summed E-state index contributed by atoms with van der Waals surface area (Å²) in [5.41, 5.74) is 7.92. The first-order chi connectivity index (χ1) is 23.0. The molecule has 0 bridgehead atoms. The number of aromatic nitrogens is 3. The summed E-state index contributed by atoms with van der Waals surface area (Å²) in [5.74, 6) is 2.00. The molecule has 6 aromatic carbocycles. The van der Waals surface area contributed by atoms with Crippen LogP contribution in [0.1, 0.15) is 0 Å². The van der Waals surface area contributed by atoms with Crippen LogP contribution in [-0.4, -0.2) is 31.1 Å². The predicted octanol–water partition coefficient (Wildman–Crippen LogP) is 10.5. The van der Waals surface area contributed by atoms with Crippen LogP contribution in [0.15, 0.2) is 140 Å². The molecule has 1 aromatic heterocycles. The second kappa shape index (κ2) is 12.6. The summed E-state index contributed by atoms with van der Waals surface area (Å²) in [5, 5.41) is 5.61. The maximum Gasteiger partial charge on any atom is 0.164 e. The number of hydrogen-bond acceptors (Lipinski definition) is 3. The van der Waals surface area contributed by atoms with Crippen molar-refractivity contribution in [2.75, 3.05) is 0 Å². The Labute approximate surface area is 286 Å². The molecular formula is C43H41N3Si2. The Morgan fingerprint density at radius 1 is 0.333 bits per heavy atom. The molecule has 0 aliphatic rings. The van der Waals surface area contributed by atoms with Crippen molar-refractivity contribution < 1.29 is 0 Å². The minimum atomic E-state index is -1.51. The maximum atomic E-state index is 4.93. The molecule has 0 unspecified atom stereocenters. The minimum Gasteiger partial charge on any atom is -0.208 e. The highest BCUT2D eigenvalue weighted by molar-refractivity contribution is 6.91. The summed E-state index contributed by atoms with van der Waals surface area (Å²) in [6, 6.07) is 49.8. The van der Waals surface area contributed by atoms with Crippen molar-refractivity contribution >= 4 is 37.3 Å². The molecule has 0 spiro atoms. The van der Waals surface area contributed by atoms with E-state index in [1.807, 2.05) is 60.7 Å². The first-order valence-electron chi connectivity index (χ1n) is 16.7. The van der Waals surface area contributed by atoms with Gasteiger partial charge in [0.2, 0.25) is 0 Å². The van der Waals surface area contributed by atoms with Gasteiger partial charge < -0.3 is 0 Å². The van der Waals surface area contributed by atoms with Gasteiger partial charge in [-0.2, -0.15) is 0 Å². The van der Waals surface area contributed by atoms with E-state index in [4.69, 9.17) is 15.0 Å². The van der Waals surface area contributed by atoms with Gasteiger partial charge in [0.1, 0.15) is 0 Å². The lowest BCUT2D eigenvalue weighted by molar-refractivity contribution is 1.07. The Kier molecular flexibility index (Phi) is 8.28.